The van der Waals surface area contributed by atoms with E-state index in [9.17, 15) is 4.79 Å². The Morgan fingerprint density at radius 2 is 2.00 bits per heavy atom. The number of nitrogens with zero attached hydrogens (tertiary/aromatic N) is 2. The van der Waals surface area contributed by atoms with Gasteiger partial charge in [-0.2, -0.15) is 0 Å². The summed E-state index contributed by atoms with van der Waals surface area (Å²) in [5, 5.41) is 1.59. The van der Waals surface area contributed by atoms with Crippen molar-refractivity contribution in [1.29, 1.82) is 0 Å². The number of aliphatic imine (C=N–C) groups is 1. The third-order valence-electron chi connectivity index (χ3n) is 5.21. The topological polar surface area (TPSA) is 41.9 Å². The van der Waals surface area contributed by atoms with Crippen LogP contribution in [0.3, 0.4) is 0 Å². The van der Waals surface area contributed by atoms with Gasteiger partial charge in [-0.15, -0.1) is 0 Å². The first-order valence-corrected chi connectivity index (χ1v) is 10.1. The first-order valence-electron chi connectivity index (χ1n) is 8.92. The van der Waals surface area contributed by atoms with E-state index in [0.717, 1.165) is 51.2 Å². The van der Waals surface area contributed by atoms with Gasteiger partial charge in [-0.05, 0) is 54.4 Å². The molecule has 2 aromatic carbocycles. The number of benzene rings is 2. The molecule has 2 aromatic rings. The molecule has 0 aromatic heterocycles. The molecule has 1 aliphatic carbocycles. The number of Topliss-reactive ketones (excluding diaryl/α,β-unsaturated/α-hetero) is 1. The van der Waals surface area contributed by atoms with Gasteiger partial charge in [-0.1, -0.05) is 29.8 Å². The lowest BCUT2D eigenvalue weighted by molar-refractivity contribution is -0.116. The highest BCUT2D eigenvalue weighted by molar-refractivity contribution is 8.14. The van der Waals surface area contributed by atoms with Crippen LogP contribution in [0.5, 0.6) is 5.75 Å². The number of methoxy groups -OCH3 is 1. The Kier molecular flexibility index (Phi) is 4.02. The Hall–Kier alpha value is -2.24. The number of ketones is 1. The van der Waals surface area contributed by atoms with Crippen LogP contribution in [0.15, 0.2) is 63.6 Å². The number of anilines is 1. The SMILES string of the molecule is COc1cccc2c1N1C(=NC3=C(C(=O)CCC3)C1c1ccc(Cl)cc1)S2. The molecule has 5 rings (SSSR count). The molecule has 4 nitrogen and oxygen atoms in total. The van der Waals surface area contributed by atoms with E-state index in [4.69, 9.17) is 21.3 Å². The van der Waals surface area contributed by atoms with Crippen molar-refractivity contribution in [3.8, 4) is 5.75 Å². The average Bonchev–Trinajstić information content (AvgIpc) is 3.05. The Balaban J connectivity index is 1.75. The minimum atomic E-state index is -0.206. The Morgan fingerprint density at radius 1 is 1.19 bits per heavy atom. The highest BCUT2D eigenvalue weighted by Gasteiger charge is 2.43. The number of amidine groups is 1. The molecular formula is C21H17ClN2O2S. The van der Waals surface area contributed by atoms with Crippen molar-refractivity contribution in [3.63, 3.8) is 0 Å². The summed E-state index contributed by atoms with van der Waals surface area (Å²) in [6.45, 7) is 0. The van der Waals surface area contributed by atoms with Crippen LogP contribution in [0.25, 0.3) is 0 Å². The van der Waals surface area contributed by atoms with E-state index in [-0.39, 0.29) is 11.8 Å². The standard InChI is InChI=1S/C21H17ClN2O2S/c1-26-16-6-3-7-17-20(16)24-19(12-8-10-13(22)11-9-12)18-14(23-21(24)27-17)4-2-5-15(18)25/h3,6-11,19H,2,4-5H2,1H3. The second-order valence-electron chi connectivity index (χ2n) is 6.76. The predicted octanol–water partition coefficient (Wildman–Crippen LogP) is 5.38. The van der Waals surface area contributed by atoms with Crippen molar-refractivity contribution < 1.29 is 9.53 Å². The second kappa shape index (κ2) is 6.43. The number of fused-ring (bicyclic) bond motifs is 3. The van der Waals surface area contributed by atoms with Crippen molar-refractivity contribution >= 4 is 40.0 Å². The molecule has 0 fully saturated rings. The minimum Gasteiger partial charge on any atom is -0.495 e. The minimum absolute atomic E-state index is 0.187. The number of hydrogen-bond acceptors (Lipinski definition) is 5. The number of halogens is 1. The fraction of sp³-hybridized carbons (Fsp3) is 0.238. The molecule has 0 spiro atoms. The molecule has 0 saturated heterocycles. The number of para-hydroxylation sites is 1. The van der Waals surface area contributed by atoms with Gasteiger partial charge in [0.05, 0.1) is 18.8 Å². The summed E-state index contributed by atoms with van der Waals surface area (Å²) in [5.74, 6) is 0.976. The first kappa shape index (κ1) is 16.9. The molecule has 0 bridgehead atoms. The quantitative estimate of drug-likeness (QED) is 0.683. The van der Waals surface area contributed by atoms with Gasteiger partial charge in [0, 0.05) is 21.9 Å². The molecule has 1 unspecified atom stereocenters. The zero-order valence-corrected chi connectivity index (χ0v) is 16.3. The highest BCUT2D eigenvalue weighted by atomic mass is 35.5. The van der Waals surface area contributed by atoms with Crippen LogP contribution in [0, 0.1) is 0 Å². The third-order valence-corrected chi connectivity index (χ3v) is 6.48. The summed E-state index contributed by atoms with van der Waals surface area (Å²) in [6.07, 6.45) is 2.28. The molecule has 27 heavy (non-hydrogen) atoms. The van der Waals surface area contributed by atoms with Crippen molar-refractivity contribution in [2.75, 3.05) is 12.0 Å². The average molecular weight is 397 g/mol. The summed E-state index contributed by atoms with van der Waals surface area (Å²) in [4.78, 5) is 21.1. The van der Waals surface area contributed by atoms with Crippen molar-refractivity contribution in [2.45, 2.75) is 30.2 Å². The number of hydrogen-bond donors (Lipinski definition) is 0. The van der Waals surface area contributed by atoms with E-state index in [0.29, 0.717) is 11.4 Å². The Bertz CT molecular complexity index is 1010. The van der Waals surface area contributed by atoms with Crippen LogP contribution >= 0.6 is 23.4 Å². The molecule has 2 aliphatic heterocycles. The summed E-state index contributed by atoms with van der Waals surface area (Å²) in [7, 11) is 1.67. The summed E-state index contributed by atoms with van der Waals surface area (Å²) < 4.78 is 5.64. The van der Waals surface area contributed by atoms with Crippen molar-refractivity contribution in [2.24, 2.45) is 4.99 Å². The van der Waals surface area contributed by atoms with Gasteiger partial charge in [0.1, 0.15) is 11.4 Å². The number of allylic oxidation sites excluding steroid dienone is 1. The fourth-order valence-electron chi connectivity index (χ4n) is 4.02. The first-order chi connectivity index (χ1) is 13.2. The van der Waals surface area contributed by atoms with Crippen LogP contribution in [0.2, 0.25) is 5.02 Å². The van der Waals surface area contributed by atoms with Crippen LogP contribution in [-0.4, -0.2) is 18.1 Å². The van der Waals surface area contributed by atoms with Gasteiger partial charge in [0.25, 0.3) is 0 Å². The van der Waals surface area contributed by atoms with E-state index in [1.165, 1.54) is 0 Å². The van der Waals surface area contributed by atoms with Gasteiger partial charge >= 0.3 is 0 Å². The van der Waals surface area contributed by atoms with Gasteiger partial charge in [-0.25, -0.2) is 4.99 Å². The van der Waals surface area contributed by atoms with Crippen LogP contribution in [0.4, 0.5) is 5.69 Å². The highest BCUT2D eigenvalue weighted by Crippen LogP contribution is 2.54. The zero-order chi connectivity index (χ0) is 18.5. The van der Waals surface area contributed by atoms with Crippen molar-refractivity contribution in [3.05, 3.63) is 64.3 Å². The molecular weight excluding hydrogens is 380 g/mol. The summed E-state index contributed by atoms with van der Waals surface area (Å²) in [5.41, 5.74) is 3.76. The molecule has 2 heterocycles. The molecule has 0 N–H and O–H groups in total. The molecule has 6 heteroatoms. The molecule has 1 atom stereocenters. The number of rotatable bonds is 2. The van der Waals surface area contributed by atoms with Gasteiger partial charge < -0.3 is 9.64 Å². The summed E-state index contributed by atoms with van der Waals surface area (Å²) in [6, 6.07) is 13.6. The molecule has 0 radical (unpaired) electrons. The van der Waals surface area contributed by atoms with Crippen LogP contribution in [0.1, 0.15) is 30.9 Å². The monoisotopic (exact) mass is 396 g/mol. The lowest BCUT2D eigenvalue weighted by Crippen LogP contribution is -2.38. The smallest absolute Gasteiger partial charge is 0.174 e. The maximum Gasteiger partial charge on any atom is 0.174 e. The van der Waals surface area contributed by atoms with E-state index < -0.39 is 0 Å². The third kappa shape index (κ3) is 2.60. The largest absolute Gasteiger partial charge is 0.495 e. The normalized spacial score (nSPS) is 20.8. The van der Waals surface area contributed by atoms with E-state index in [1.807, 2.05) is 36.4 Å². The zero-order valence-electron chi connectivity index (χ0n) is 14.7. The Labute approximate surface area is 166 Å². The number of thioether (sulfide) groups is 1. The molecule has 0 saturated carbocycles. The molecule has 0 amide bonds. The van der Waals surface area contributed by atoms with Crippen LogP contribution in [-0.2, 0) is 4.79 Å². The van der Waals surface area contributed by atoms with E-state index in [2.05, 4.69) is 11.0 Å². The van der Waals surface area contributed by atoms with Gasteiger partial charge in [0.2, 0.25) is 0 Å². The number of ether oxygens (including phenoxy) is 1. The van der Waals surface area contributed by atoms with Gasteiger partial charge in [-0.3, -0.25) is 4.79 Å². The van der Waals surface area contributed by atoms with Crippen LogP contribution < -0.4 is 9.64 Å². The van der Waals surface area contributed by atoms with E-state index >= 15 is 0 Å². The summed E-state index contributed by atoms with van der Waals surface area (Å²) >= 11 is 7.75. The van der Waals surface area contributed by atoms with Crippen molar-refractivity contribution in [1.82, 2.24) is 0 Å². The maximum absolute atomic E-state index is 12.9. The number of carbonyl (C=O) groups excluding carboxylic acids is 1. The van der Waals surface area contributed by atoms with E-state index in [1.54, 1.807) is 18.9 Å². The second-order valence-corrected chi connectivity index (χ2v) is 8.21. The Morgan fingerprint density at radius 3 is 2.78 bits per heavy atom. The molecule has 136 valence electrons. The number of carbonyl (C=O) groups is 1. The predicted molar refractivity (Wildman–Crippen MR) is 109 cm³/mol. The van der Waals surface area contributed by atoms with Gasteiger partial charge in [0.15, 0.2) is 11.0 Å². The molecule has 3 aliphatic rings. The lowest BCUT2D eigenvalue weighted by Gasteiger charge is -2.37. The fourth-order valence-corrected chi connectivity index (χ4v) is 5.24. The lowest BCUT2D eigenvalue weighted by atomic mass is 9.85. The maximum atomic E-state index is 12.9.